The van der Waals surface area contributed by atoms with Gasteiger partial charge >= 0.3 is 12.5 Å². The van der Waals surface area contributed by atoms with Crippen LogP contribution in [0.15, 0.2) is 22.7 Å². The van der Waals surface area contributed by atoms with Gasteiger partial charge in [0.05, 0.1) is 4.47 Å². The quantitative estimate of drug-likeness (QED) is 0.787. The largest absolute Gasteiger partial charge is 0.573 e. The second-order valence-electron chi connectivity index (χ2n) is 3.93. The van der Waals surface area contributed by atoms with Gasteiger partial charge in [-0.2, -0.15) is 13.2 Å². The number of nitrogens with two attached hydrogens (primary N) is 1. The molecule has 0 saturated heterocycles. The van der Waals surface area contributed by atoms with Gasteiger partial charge in [0.15, 0.2) is 0 Å². The van der Waals surface area contributed by atoms with Crippen molar-refractivity contribution in [2.45, 2.75) is 12.5 Å². The Kier molecular flexibility index (Phi) is 5.74. The summed E-state index contributed by atoms with van der Waals surface area (Å²) in [6, 6.07) is 3.07. The van der Waals surface area contributed by atoms with E-state index < -0.39 is 37.4 Å². The highest BCUT2D eigenvalue weighted by atomic mass is 79.9. The molecule has 1 rings (SSSR count). The van der Waals surface area contributed by atoms with Crippen LogP contribution >= 0.6 is 15.9 Å². The highest BCUT2D eigenvalue weighted by Gasteiger charge is 2.39. The van der Waals surface area contributed by atoms with Gasteiger partial charge in [0, 0.05) is 6.54 Å². The summed E-state index contributed by atoms with van der Waals surface area (Å²) in [5.41, 5.74) is 4.99. The van der Waals surface area contributed by atoms with Crippen molar-refractivity contribution in [2.24, 2.45) is 11.7 Å². The van der Waals surface area contributed by atoms with Gasteiger partial charge in [0.2, 0.25) is 0 Å². The summed E-state index contributed by atoms with van der Waals surface area (Å²) in [5, 5.41) is 0. The zero-order valence-electron chi connectivity index (χ0n) is 10.3. The summed E-state index contributed by atoms with van der Waals surface area (Å²) >= 11 is 2.81. The van der Waals surface area contributed by atoms with E-state index in [9.17, 15) is 26.3 Å². The maximum atomic E-state index is 12.4. The Morgan fingerprint density at radius 1 is 1.14 bits per heavy atom. The molecule has 2 N–H and O–H groups in total. The molecular formula is C11H10BrF6NO2. The van der Waals surface area contributed by atoms with E-state index in [-0.39, 0.29) is 10.2 Å². The van der Waals surface area contributed by atoms with Crippen molar-refractivity contribution in [3.8, 4) is 11.5 Å². The molecule has 0 radical (unpaired) electrons. The SMILES string of the molecule is NCC(COc1ccc(OC(F)(F)F)c(Br)c1)C(F)(F)F. The van der Waals surface area contributed by atoms with Crippen LogP contribution in [0.5, 0.6) is 11.5 Å². The number of hydrogen-bond donors (Lipinski definition) is 1. The molecule has 1 atom stereocenters. The van der Waals surface area contributed by atoms with Gasteiger partial charge in [-0.1, -0.05) is 0 Å². The first-order valence-corrected chi connectivity index (χ1v) is 6.27. The third kappa shape index (κ3) is 6.00. The molecule has 10 heteroatoms. The van der Waals surface area contributed by atoms with Crippen molar-refractivity contribution in [2.75, 3.05) is 13.2 Å². The van der Waals surface area contributed by atoms with Crippen molar-refractivity contribution in [1.29, 1.82) is 0 Å². The molecule has 120 valence electrons. The fourth-order valence-corrected chi connectivity index (χ4v) is 1.71. The minimum absolute atomic E-state index is 0.0425. The molecule has 0 bridgehead atoms. The number of ether oxygens (including phenoxy) is 2. The van der Waals surface area contributed by atoms with Gasteiger partial charge in [0.25, 0.3) is 0 Å². The summed E-state index contributed by atoms with van der Waals surface area (Å²) in [5.74, 6) is -2.43. The molecule has 21 heavy (non-hydrogen) atoms. The van der Waals surface area contributed by atoms with Gasteiger partial charge < -0.3 is 15.2 Å². The summed E-state index contributed by atoms with van der Waals surface area (Å²) in [4.78, 5) is 0. The molecule has 0 spiro atoms. The Bertz CT molecular complexity index is 477. The molecule has 0 saturated carbocycles. The van der Waals surface area contributed by atoms with Crippen LogP contribution in [0.3, 0.4) is 0 Å². The third-order valence-electron chi connectivity index (χ3n) is 2.33. The zero-order valence-corrected chi connectivity index (χ0v) is 11.8. The van der Waals surface area contributed by atoms with Crippen LogP contribution in [0.4, 0.5) is 26.3 Å². The van der Waals surface area contributed by atoms with E-state index >= 15 is 0 Å². The fourth-order valence-electron chi connectivity index (χ4n) is 1.27. The second kappa shape index (κ2) is 6.73. The van der Waals surface area contributed by atoms with Gasteiger partial charge in [0.1, 0.15) is 24.0 Å². The van der Waals surface area contributed by atoms with Gasteiger partial charge in [-0.05, 0) is 34.1 Å². The van der Waals surface area contributed by atoms with Crippen molar-refractivity contribution in [3.63, 3.8) is 0 Å². The lowest BCUT2D eigenvalue weighted by Gasteiger charge is -2.19. The fraction of sp³-hybridized carbons (Fsp3) is 0.455. The lowest BCUT2D eigenvalue weighted by molar-refractivity contribution is -0.274. The molecule has 0 aliphatic heterocycles. The molecule has 1 aromatic carbocycles. The first-order chi connectivity index (χ1) is 9.53. The normalized spacial score (nSPS) is 13.9. The molecule has 0 heterocycles. The molecule has 0 amide bonds. The monoisotopic (exact) mass is 381 g/mol. The molecule has 0 aromatic heterocycles. The average molecular weight is 382 g/mol. The maximum absolute atomic E-state index is 12.4. The summed E-state index contributed by atoms with van der Waals surface area (Å²) in [6.07, 6.45) is -9.38. The lowest BCUT2D eigenvalue weighted by Crippen LogP contribution is -2.35. The molecule has 1 aromatic rings. The van der Waals surface area contributed by atoms with Crippen LogP contribution in [0.1, 0.15) is 0 Å². The summed E-state index contributed by atoms with van der Waals surface area (Å²) < 4.78 is 81.9. The lowest BCUT2D eigenvalue weighted by atomic mass is 10.1. The Balaban J connectivity index is 2.72. The first kappa shape index (κ1) is 17.9. The predicted molar refractivity (Wildman–Crippen MR) is 64.9 cm³/mol. The molecule has 0 aliphatic rings. The maximum Gasteiger partial charge on any atom is 0.573 e. The van der Waals surface area contributed by atoms with Gasteiger partial charge in [-0.15, -0.1) is 13.2 Å². The summed E-state index contributed by atoms with van der Waals surface area (Å²) in [6.45, 7) is -1.38. The zero-order chi connectivity index (χ0) is 16.3. The van der Waals surface area contributed by atoms with Crippen LogP contribution in [0.2, 0.25) is 0 Å². The standard InChI is InChI=1S/C11H10BrF6NO2/c12-8-3-7(1-2-9(8)21-11(16,17)18)20-5-6(4-19)10(13,14)15/h1-3,6H,4-5,19H2. The second-order valence-corrected chi connectivity index (χ2v) is 4.78. The number of halogens is 7. The predicted octanol–water partition coefficient (Wildman–Crippen LogP) is 3.86. The van der Waals surface area contributed by atoms with E-state index in [1.165, 1.54) is 0 Å². The van der Waals surface area contributed by atoms with E-state index in [2.05, 4.69) is 20.7 Å². The minimum atomic E-state index is -4.87. The van der Waals surface area contributed by atoms with Crippen LogP contribution in [-0.2, 0) is 0 Å². The summed E-state index contributed by atoms with van der Waals surface area (Å²) in [7, 11) is 0. The topological polar surface area (TPSA) is 44.5 Å². The smallest absolute Gasteiger partial charge is 0.493 e. The average Bonchev–Trinajstić information content (AvgIpc) is 2.30. The number of benzene rings is 1. The third-order valence-corrected chi connectivity index (χ3v) is 2.95. The van der Waals surface area contributed by atoms with Crippen LogP contribution in [0, 0.1) is 5.92 Å². The van der Waals surface area contributed by atoms with Crippen molar-refractivity contribution in [3.05, 3.63) is 22.7 Å². The molecule has 1 unspecified atom stereocenters. The van der Waals surface area contributed by atoms with Crippen molar-refractivity contribution < 1.29 is 35.8 Å². The number of alkyl halides is 6. The van der Waals surface area contributed by atoms with E-state index in [4.69, 9.17) is 10.5 Å². The van der Waals surface area contributed by atoms with E-state index in [1.54, 1.807) is 0 Å². The van der Waals surface area contributed by atoms with Crippen LogP contribution in [0.25, 0.3) is 0 Å². The first-order valence-electron chi connectivity index (χ1n) is 5.48. The van der Waals surface area contributed by atoms with Crippen molar-refractivity contribution in [1.82, 2.24) is 0 Å². The Morgan fingerprint density at radius 2 is 1.76 bits per heavy atom. The number of hydrogen-bond acceptors (Lipinski definition) is 3. The minimum Gasteiger partial charge on any atom is -0.493 e. The highest BCUT2D eigenvalue weighted by molar-refractivity contribution is 9.10. The van der Waals surface area contributed by atoms with E-state index in [0.717, 1.165) is 18.2 Å². The Labute approximate surface area is 124 Å². The molecular weight excluding hydrogens is 372 g/mol. The Morgan fingerprint density at radius 3 is 2.19 bits per heavy atom. The molecule has 3 nitrogen and oxygen atoms in total. The molecule has 0 aliphatic carbocycles. The van der Waals surface area contributed by atoms with Gasteiger partial charge in [-0.25, -0.2) is 0 Å². The van der Waals surface area contributed by atoms with Gasteiger partial charge in [-0.3, -0.25) is 0 Å². The Hall–Kier alpha value is -1.16. The van der Waals surface area contributed by atoms with Crippen LogP contribution < -0.4 is 15.2 Å². The van der Waals surface area contributed by atoms with Crippen LogP contribution in [-0.4, -0.2) is 25.7 Å². The van der Waals surface area contributed by atoms with E-state index in [0.29, 0.717) is 0 Å². The number of rotatable bonds is 5. The van der Waals surface area contributed by atoms with Crippen molar-refractivity contribution >= 4 is 15.9 Å². The van der Waals surface area contributed by atoms with E-state index in [1.807, 2.05) is 0 Å². The molecule has 0 fully saturated rings. The highest BCUT2D eigenvalue weighted by Crippen LogP contribution is 2.34.